The number of rotatable bonds is 6. The number of benzene rings is 1. The minimum Gasteiger partial charge on any atom is -0.493 e. The van der Waals surface area contributed by atoms with E-state index >= 15 is 0 Å². The monoisotopic (exact) mass is 260 g/mol. The van der Waals surface area contributed by atoms with Crippen molar-refractivity contribution in [3.8, 4) is 11.5 Å². The van der Waals surface area contributed by atoms with Crippen LogP contribution in [0.25, 0.3) is 0 Å². The molecule has 6 nitrogen and oxygen atoms in total. The number of carbonyl (C=O) groups is 1. The summed E-state index contributed by atoms with van der Waals surface area (Å²) in [5.41, 5.74) is 0.821. The maximum Gasteiger partial charge on any atom is 0.302 e. The predicted molar refractivity (Wildman–Crippen MR) is 60.5 cm³/mol. The minimum absolute atomic E-state index is 0.162. The zero-order chi connectivity index (χ0) is 12.8. The second-order valence-corrected chi connectivity index (χ2v) is 3.68. The van der Waals surface area contributed by atoms with Gasteiger partial charge in [0.25, 0.3) is 0 Å². The Bertz CT molecular complexity index is 431. The molecular weight excluding hydrogens is 248 g/mol. The average Bonchev–Trinajstić information content (AvgIpc) is 2.34. The van der Waals surface area contributed by atoms with E-state index in [9.17, 15) is 9.00 Å². The molecule has 1 N–H and O–H groups in total. The lowest BCUT2D eigenvalue weighted by atomic mass is 10.1. The first-order chi connectivity index (χ1) is 8.12. The van der Waals surface area contributed by atoms with Gasteiger partial charge in [0.15, 0.2) is 11.5 Å². The summed E-state index contributed by atoms with van der Waals surface area (Å²) in [6, 6.07) is 3.01. The van der Waals surface area contributed by atoms with Crippen LogP contribution in [-0.2, 0) is 22.2 Å². The van der Waals surface area contributed by atoms with Crippen LogP contribution in [0.15, 0.2) is 12.1 Å². The average molecular weight is 260 g/mol. The molecule has 0 saturated heterocycles. The van der Waals surface area contributed by atoms with Gasteiger partial charge in [0.2, 0.25) is 0 Å². The molecule has 1 aromatic carbocycles. The SMILES string of the molecule is COc1cc(C=O)cc(COS(=O)O)c1OC. The van der Waals surface area contributed by atoms with E-state index in [0.717, 1.165) is 0 Å². The molecule has 0 spiro atoms. The van der Waals surface area contributed by atoms with Crippen LogP contribution in [0.1, 0.15) is 15.9 Å². The van der Waals surface area contributed by atoms with Gasteiger partial charge in [-0.3, -0.25) is 13.5 Å². The maximum atomic E-state index is 10.7. The van der Waals surface area contributed by atoms with Crippen molar-refractivity contribution in [3.05, 3.63) is 23.3 Å². The molecule has 0 heterocycles. The normalized spacial score (nSPS) is 11.9. The summed E-state index contributed by atoms with van der Waals surface area (Å²) in [5, 5.41) is 0. The molecule has 0 bridgehead atoms. The number of ether oxygens (including phenoxy) is 2. The van der Waals surface area contributed by atoms with Crippen molar-refractivity contribution >= 4 is 17.6 Å². The van der Waals surface area contributed by atoms with Gasteiger partial charge in [0, 0.05) is 11.1 Å². The van der Waals surface area contributed by atoms with E-state index in [1.807, 2.05) is 0 Å². The van der Waals surface area contributed by atoms with Crippen molar-refractivity contribution in [1.29, 1.82) is 0 Å². The molecule has 94 valence electrons. The summed E-state index contributed by atoms with van der Waals surface area (Å²) in [6.07, 6.45) is 0.640. The third-order valence-corrected chi connectivity index (χ3v) is 2.35. The number of aldehydes is 1. The third kappa shape index (κ3) is 3.52. The molecule has 0 aromatic heterocycles. The van der Waals surface area contributed by atoms with E-state index in [2.05, 4.69) is 4.18 Å². The highest BCUT2D eigenvalue weighted by atomic mass is 32.2. The standard InChI is InChI=1S/C10H12O6S/c1-14-9-4-7(5-11)3-8(10(9)15-2)6-16-17(12)13/h3-5H,6H2,1-2H3,(H,12,13). The van der Waals surface area contributed by atoms with Crippen molar-refractivity contribution in [2.24, 2.45) is 0 Å². The number of methoxy groups -OCH3 is 2. The van der Waals surface area contributed by atoms with Crippen LogP contribution in [-0.4, -0.2) is 29.3 Å². The van der Waals surface area contributed by atoms with Crippen LogP contribution in [0, 0.1) is 0 Å². The molecule has 1 aromatic rings. The molecule has 1 unspecified atom stereocenters. The fraction of sp³-hybridized carbons (Fsp3) is 0.300. The van der Waals surface area contributed by atoms with E-state index in [0.29, 0.717) is 28.9 Å². The molecule has 0 aliphatic rings. The molecular formula is C10H12O6S. The molecule has 0 aliphatic heterocycles. The van der Waals surface area contributed by atoms with Crippen LogP contribution >= 0.6 is 0 Å². The number of hydrogen-bond donors (Lipinski definition) is 1. The van der Waals surface area contributed by atoms with Crippen molar-refractivity contribution in [1.82, 2.24) is 0 Å². The molecule has 7 heteroatoms. The first kappa shape index (κ1) is 13.6. The Morgan fingerprint density at radius 2 is 2.06 bits per heavy atom. The summed E-state index contributed by atoms with van der Waals surface area (Å²) in [4.78, 5) is 10.7. The zero-order valence-corrected chi connectivity index (χ0v) is 10.2. The van der Waals surface area contributed by atoms with E-state index < -0.39 is 11.4 Å². The molecule has 0 saturated carbocycles. The van der Waals surface area contributed by atoms with Gasteiger partial charge in [0.1, 0.15) is 6.29 Å². The molecule has 0 aliphatic carbocycles. The Morgan fingerprint density at radius 3 is 2.53 bits per heavy atom. The summed E-state index contributed by atoms with van der Waals surface area (Å²) < 4.78 is 33.7. The fourth-order valence-corrected chi connectivity index (χ4v) is 1.58. The van der Waals surface area contributed by atoms with E-state index in [4.69, 9.17) is 14.0 Å². The van der Waals surface area contributed by atoms with Crippen molar-refractivity contribution < 1.29 is 27.2 Å². The van der Waals surface area contributed by atoms with Gasteiger partial charge in [-0.05, 0) is 12.1 Å². The van der Waals surface area contributed by atoms with Gasteiger partial charge in [-0.2, -0.15) is 4.21 Å². The first-order valence-corrected chi connectivity index (χ1v) is 5.59. The van der Waals surface area contributed by atoms with Crippen molar-refractivity contribution in [3.63, 3.8) is 0 Å². The van der Waals surface area contributed by atoms with Crippen molar-refractivity contribution in [2.75, 3.05) is 14.2 Å². The third-order valence-electron chi connectivity index (χ3n) is 2.03. The van der Waals surface area contributed by atoms with Gasteiger partial charge in [-0.25, -0.2) is 0 Å². The second-order valence-electron chi connectivity index (χ2n) is 3.01. The quantitative estimate of drug-likeness (QED) is 0.610. The van der Waals surface area contributed by atoms with Crippen LogP contribution < -0.4 is 9.47 Å². The van der Waals surface area contributed by atoms with Crippen LogP contribution in [0.5, 0.6) is 11.5 Å². The highest BCUT2D eigenvalue weighted by molar-refractivity contribution is 7.74. The van der Waals surface area contributed by atoms with E-state index in [1.54, 1.807) is 0 Å². The Hall–Kier alpha value is -1.44. The smallest absolute Gasteiger partial charge is 0.302 e. The number of carbonyl (C=O) groups excluding carboxylic acids is 1. The minimum atomic E-state index is -2.38. The highest BCUT2D eigenvalue weighted by Crippen LogP contribution is 2.32. The van der Waals surface area contributed by atoms with Gasteiger partial charge < -0.3 is 9.47 Å². The van der Waals surface area contributed by atoms with Crippen LogP contribution in [0.2, 0.25) is 0 Å². The fourth-order valence-electron chi connectivity index (χ4n) is 1.36. The van der Waals surface area contributed by atoms with Gasteiger partial charge in [0.05, 0.1) is 20.8 Å². The lowest BCUT2D eigenvalue weighted by Crippen LogP contribution is -2.02. The van der Waals surface area contributed by atoms with Crippen LogP contribution in [0.3, 0.4) is 0 Å². The van der Waals surface area contributed by atoms with E-state index in [1.165, 1.54) is 26.4 Å². The van der Waals surface area contributed by atoms with Crippen LogP contribution in [0.4, 0.5) is 0 Å². The molecule has 17 heavy (non-hydrogen) atoms. The van der Waals surface area contributed by atoms with Crippen molar-refractivity contribution in [2.45, 2.75) is 6.61 Å². The largest absolute Gasteiger partial charge is 0.493 e. The topological polar surface area (TPSA) is 82.1 Å². The summed E-state index contributed by atoms with van der Waals surface area (Å²) in [7, 11) is 2.86. The molecule has 0 fully saturated rings. The summed E-state index contributed by atoms with van der Waals surface area (Å²) >= 11 is -2.38. The Kier molecular flexibility index (Phi) is 5.08. The number of hydrogen-bond acceptors (Lipinski definition) is 5. The lowest BCUT2D eigenvalue weighted by Gasteiger charge is -2.12. The van der Waals surface area contributed by atoms with Gasteiger partial charge in [-0.15, -0.1) is 0 Å². The summed E-state index contributed by atoms with van der Waals surface area (Å²) in [5.74, 6) is 0.725. The van der Waals surface area contributed by atoms with Gasteiger partial charge in [-0.1, -0.05) is 0 Å². The highest BCUT2D eigenvalue weighted by Gasteiger charge is 2.13. The second kappa shape index (κ2) is 6.33. The Balaban J connectivity index is 3.14. The van der Waals surface area contributed by atoms with Gasteiger partial charge >= 0.3 is 11.4 Å². The predicted octanol–water partition coefficient (Wildman–Crippen LogP) is 1.17. The first-order valence-electron chi connectivity index (χ1n) is 4.56. The zero-order valence-electron chi connectivity index (χ0n) is 9.34. The molecule has 1 atom stereocenters. The van der Waals surface area contributed by atoms with E-state index in [-0.39, 0.29) is 6.61 Å². The summed E-state index contributed by atoms with van der Waals surface area (Å²) in [6.45, 7) is -0.162. The maximum absolute atomic E-state index is 10.7. The molecule has 0 amide bonds. The lowest BCUT2D eigenvalue weighted by molar-refractivity contribution is 0.112. The Labute approximate surface area is 101 Å². The Morgan fingerprint density at radius 1 is 1.35 bits per heavy atom. The molecule has 1 rings (SSSR count). The molecule has 0 radical (unpaired) electrons.